The smallest absolute Gasteiger partial charge is 0.394 e. The number of aromatic nitrogens is 2. The van der Waals surface area contributed by atoms with Crippen LogP contribution in [0.15, 0.2) is 11.4 Å². The van der Waals surface area contributed by atoms with Crippen molar-refractivity contribution in [1.82, 2.24) is 14.5 Å². The van der Waals surface area contributed by atoms with Crippen molar-refractivity contribution in [3.05, 3.63) is 11.9 Å². The van der Waals surface area contributed by atoms with Gasteiger partial charge in [-0.1, -0.05) is 0 Å². The number of nitrogens with zero attached hydrogens (tertiary/aromatic N) is 3. The predicted molar refractivity (Wildman–Crippen MR) is 71.8 cm³/mol. The van der Waals surface area contributed by atoms with Crippen molar-refractivity contribution in [3.8, 4) is 0 Å². The largest absolute Gasteiger partial charge is 0.449 e. The Kier molecular flexibility index (Phi) is 5.18. The molecule has 2 heterocycles. The Balaban J connectivity index is 2.05. The lowest BCUT2D eigenvalue weighted by atomic mass is 10.2. The molecule has 1 aliphatic heterocycles. The number of hydrogen-bond donors (Lipinski definition) is 1. The number of thioether (sulfide) groups is 1. The van der Waals surface area contributed by atoms with E-state index in [1.165, 1.54) is 10.8 Å². The van der Waals surface area contributed by atoms with Crippen molar-refractivity contribution in [2.45, 2.75) is 36.3 Å². The molecule has 9 heteroatoms. The number of aliphatic hydroxyl groups excluding tert-OH is 1. The minimum Gasteiger partial charge on any atom is -0.394 e. The molecule has 120 valence electrons. The molecule has 0 saturated carbocycles. The maximum Gasteiger partial charge on any atom is 0.449 e. The number of hydrogen-bond acceptors (Lipinski definition) is 5. The minimum atomic E-state index is -4.34. The van der Waals surface area contributed by atoms with E-state index in [4.69, 9.17) is 9.84 Å². The van der Waals surface area contributed by atoms with E-state index in [-0.39, 0.29) is 35.7 Å². The number of ether oxygens (including phenoxy) is 1. The number of halogens is 3. The van der Waals surface area contributed by atoms with Gasteiger partial charge >= 0.3 is 5.51 Å². The topological polar surface area (TPSA) is 50.5 Å². The monoisotopic (exact) mass is 325 g/mol. The van der Waals surface area contributed by atoms with E-state index in [2.05, 4.69) is 9.88 Å². The molecular formula is C12H18F3N3O2S. The summed E-state index contributed by atoms with van der Waals surface area (Å²) in [6, 6.07) is 0.140. The van der Waals surface area contributed by atoms with Crippen LogP contribution in [0.4, 0.5) is 13.2 Å². The van der Waals surface area contributed by atoms with Crippen molar-refractivity contribution in [2.75, 3.05) is 19.8 Å². The van der Waals surface area contributed by atoms with Gasteiger partial charge in [0.2, 0.25) is 0 Å². The summed E-state index contributed by atoms with van der Waals surface area (Å²) in [4.78, 5) is 5.90. The average Bonchev–Trinajstić information content (AvgIpc) is 2.72. The summed E-state index contributed by atoms with van der Waals surface area (Å²) in [5.41, 5.74) is -3.64. The summed E-state index contributed by atoms with van der Waals surface area (Å²) < 4.78 is 44.1. The van der Waals surface area contributed by atoms with Gasteiger partial charge in [0, 0.05) is 37.9 Å². The second kappa shape index (κ2) is 6.55. The van der Waals surface area contributed by atoms with Crippen LogP contribution in [0.25, 0.3) is 0 Å². The van der Waals surface area contributed by atoms with Crippen LogP contribution in [0, 0.1) is 0 Å². The summed E-state index contributed by atoms with van der Waals surface area (Å²) in [5, 5.41) is 9.08. The quantitative estimate of drug-likeness (QED) is 0.853. The molecule has 2 rings (SSSR count). The van der Waals surface area contributed by atoms with E-state index in [9.17, 15) is 13.2 Å². The van der Waals surface area contributed by atoms with Gasteiger partial charge in [-0.05, 0) is 6.92 Å². The number of morpholine rings is 1. The van der Waals surface area contributed by atoms with E-state index < -0.39 is 5.51 Å². The molecule has 0 radical (unpaired) electrons. The predicted octanol–water partition coefficient (Wildman–Crippen LogP) is 1.61. The molecule has 0 aromatic carbocycles. The summed E-state index contributed by atoms with van der Waals surface area (Å²) in [7, 11) is 1.57. The van der Waals surface area contributed by atoms with Gasteiger partial charge < -0.3 is 14.4 Å². The maximum atomic E-state index is 12.4. The van der Waals surface area contributed by atoms with Crippen LogP contribution < -0.4 is 0 Å². The van der Waals surface area contributed by atoms with Crippen LogP contribution >= 0.6 is 11.8 Å². The molecule has 0 spiro atoms. The fourth-order valence-corrected chi connectivity index (χ4v) is 2.75. The van der Waals surface area contributed by atoms with Crippen molar-refractivity contribution in [2.24, 2.45) is 7.05 Å². The number of alkyl halides is 3. The molecule has 1 aliphatic rings. The lowest BCUT2D eigenvalue weighted by Gasteiger charge is -2.37. The Labute approximate surface area is 125 Å². The third-order valence-corrected chi connectivity index (χ3v) is 4.25. The molecular weight excluding hydrogens is 307 g/mol. The van der Waals surface area contributed by atoms with Gasteiger partial charge in [0.05, 0.1) is 31.2 Å². The van der Waals surface area contributed by atoms with Crippen LogP contribution in [-0.4, -0.2) is 57.0 Å². The van der Waals surface area contributed by atoms with Crippen molar-refractivity contribution in [3.63, 3.8) is 0 Å². The summed E-state index contributed by atoms with van der Waals surface area (Å²) in [6.07, 6.45) is 1.21. The molecule has 0 amide bonds. The number of imidazole rings is 1. The summed E-state index contributed by atoms with van der Waals surface area (Å²) in [6.45, 7) is 3.43. The molecule has 5 nitrogen and oxygen atoms in total. The number of rotatable bonds is 4. The van der Waals surface area contributed by atoms with E-state index in [0.717, 1.165) is 0 Å². The van der Waals surface area contributed by atoms with Crippen LogP contribution in [-0.2, 0) is 18.3 Å². The zero-order valence-corrected chi connectivity index (χ0v) is 12.6. The molecule has 2 unspecified atom stereocenters. The summed E-state index contributed by atoms with van der Waals surface area (Å²) >= 11 is -0.215. The molecule has 1 fully saturated rings. The lowest BCUT2D eigenvalue weighted by Crippen LogP contribution is -2.49. The van der Waals surface area contributed by atoms with E-state index in [1.54, 1.807) is 7.05 Å². The van der Waals surface area contributed by atoms with Crippen molar-refractivity contribution < 1.29 is 23.0 Å². The first kappa shape index (κ1) is 16.6. The van der Waals surface area contributed by atoms with Crippen molar-refractivity contribution >= 4 is 11.8 Å². The standard InChI is InChI=1S/C12H18F3N3O2S/c1-8-7-20-10(6-19)5-18(8)4-9-3-16-11(17(9)2)21-12(13,14)15/h3,8,10,19H,4-7H2,1-2H3. The average molecular weight is 325 g/mol. The van der Waals surface area contributed by atoms with Gasteiger partial charge in [0.25, 0.3) is 0 Å². The second-order valence-corrected chi connectivity index (χ2v) is 6.09. The SMILES string of the molecule is CC1COC(CO)CN1Cc1cnc(SC(F)(F)F)n1C. The van der Waals surface area contributed by atoms with E-state index in [0.29, 0.717) is 25.4 Å². The maximum absolute atomic E-state index is 12.4. The first-order valence-corrected chi connectivity index (χ1v) is 7.34. The molecule has 1 aromatic heterocycles. The molecule has 1 N–H and O–H groups in total. The summed E-state index contributed by atoms with van der Waals surface area (Å²) in [5.74, 6) is 0. The highest BCUT2D eigenvalue weighted by Crippen LogP contribution is 2.36. The van der Waals surface area contributed by atoms with Gasteiger partial charge in [-0.25, -0.2) is 4.98 Å². The lowest BCUT2D eigenvalue weighted by molar-refractivity contribution is -0.0810. The molecule has 1 saturated heterocycles. The van der Waals surface area contributed by atoms with Gasteiger partial charge in [0.1, 0.15) is 0 Å². The fraction of sp³-hybridized carbons (Fsp3) is 0.750. The Hall–Kier alpha value is -0.770. The second-order valence-electron chi connectivity index (χ2n) is 5.06. The van der Waals surface area contributed by atoms with E-state index in [1.807, 2.05) is 6.92 Å². The first-order valence-electron chi connectivity index (χ1n) is 6.53. The Morgan fingerprint density at radius 2 is 2.24 bits per heavy atom. The van der Waals surface area contributed by atoms with Gasteiger partial charge in [-0.3, -0.25) is 4.90 Å². The molecule has 1 aromatic rings. The third-order valence-electron chi connectivity index (χ3n) is 3.45. The third kappa shape index (κ3) is 4.35. The highest BCUT2D eigenvalue weighted by Gasteiger charge is 2.32. The first-order chi connectivity index (χ1) is 9.80. The molecule has 0 aliphatic carbocycles. The number of aliphatic hydroxyl groups is 1. The van der Waals surface area contributed by atoms with Crippen LogP contribution in [0.3, 0.4) is 0 Å². The Morgan fingerprint density at radius 1 is 1.52 bits per heavy atom. The van der Waals surface area contributed by atoms with Crippen LogP contribution in [0.5, 0.6) is 0 Å². The van der Waals surface area contributed by atoms with Gasteiger partial charge in [-0.15, -0.1) is 0 Å². The minimum absolute atomic E-state index is 0.0657. The van der Waals surface area contributed by atoms with Gasteiger partial charge in [0.15, 0.2) is 5.16 Å². The Bertz CT molecular complexity index is 481. The highest BCUT2D eigenvalue weighted by atomic mass is 32.2. The molecule has 0 bridgehead atoms. The van der Waals surface area contributed by atoms with Crippen molar-refractivity contribution in [1.29, 1.82) is 0 Å². The normalized spacial score (nSPS) is 24.5. The van der Waals surface area contributed by atoms with E-state index >= 15 is 0 Å². The zero-order chi connectivity index (χ0) is 15.6. The highest BCUT2D eigenvalue weighted by molar-refractivity contribution is 8.00. The fourth-order valence-electron chi connectivity index (χ4n) is 2.18. The van der Waals surface area contributed by atoms with Crippen LogP contribution in [0.1, 0.15) is 12.6 Å². The van der Waals surface area contributed by atoms with Crippen LogP contribution in [0.2, 0.25) is 0 Å². The zero-order valence-electron chi connectivity index (χ0n) is 11.8. The molecule has 2 atom stereocenters. The Morgan fingerprint density at radius 3 is 2.86 bits per heavy atom. The van der Waals surface area contributed by atoms with Gasteiger partial charge in [-0.2, -0.15) is 13.2 Å². The molecule has 21 heavy (non-hydrogen) atoms.